The predicted octanol–water partition coefficient (Wildman–Crippen LogP) is -0.641. The number of nitrogens with two attached hydrogens (primary N) is 1. The lowest BCUT2D eigenvalue weighted by Crippen LogP contribution is -2.45. The van der Waals surface area contributed by atoms with Crippen LogP contribution in [0.3, 0.4) is 0 Å². The quantitative estimate of drug-likeness (QED) is 0.511. The van der Waals surface area contributed by atoms with Crippen molar-refractivity contribution in [1.29, 1.82) is 0 Å². The van der Waals surface area contributed by atoms with Crippen molar-refractivity contribution in [3.05, 3.63) is 0 Å². The van der Waals surface area contributed by atoms with Gasteiger partial charge in [-0.3, -0.25) is 0 Å². The number of rotatable bonds is 6. The third-order valence-corrected chi connectivity index (χ3v) is 1.22. The maximum atomic E-state index is 8.71. The van der Waals surface area contributed by atoms with Crippen molar-refractivity contribution in [3.63, 3.8) is 0 Å². The summed E-state index contributed by atoms with van der Waals surface area (Å²) in [6.45, 7) is 3.09. The van der Waals surface area contributed by atoms with E-state index in [9.17, 15) is 0 Å². The van der Waals surface area contributed by atoms with E-state index in [2.05, 4.69) is 0 Å². The fourth-order valence-corrected chi connectivity index (χ4v) is 0.493. The molecule has 0 fully saturated rings. The van der Waals surface area contributed by atoms with Crippen molar-refractivity contribution in [2.24, 2.45) is 5.73 Å². The lowest BCUT2D eigenvalue weighted by molar-refractivity contribution is 0.0315. The number of hydrogen-bond donors (Lipinski definition) is 2. The second-order valence-corrected chi connectivity index (χ2v) is 2.86. The molecule has 0 aliphatic rings. The summed E-state index contributed by atoms with van der Waals surface area (Å²) in [5.41, 5.74) is 4.95. The van der Waals surface area contributed by atoms with Gasteiger partial charge in [-0.1, -0.05) is 0 Å². The lowest BCUT2D eigenvalue weighted by Gasteiger charge is -2.20. The zero-order valence-electron chi connectivity index (χ0n) is 7.17. The summed E-state index contributed by atoms with van der Waals surface area (Å²) < 4.78 is 9.88. The first-order valence-electron chi connectivity index (χ1n) is 3.59. The molecular formula is C7H17NO3. The Morgan fingerprint density at radius 1 is 1.45 bits per heavy atom. The highest BCUT2D eigenvalue weighted by atomic mass is 16.5. The van der Waals surface area contributed by atoms with Crippen LogP contribution >= 0.6 is 0 Å². The van der Waals surface area contributed by atoms with Crippen molar-refractivity contribution in [3.8, 4) is 0 Å². The van der Waals surface area contributed by atoms with Gasteiger partial charge in [0.05, 0.1) is 32.0 Å². The molecule has 0 aromatic heterocycles. The molecular weight excluding hydrogens is 146 g/mol. The maximum Gasteiger partial charge on any atom is 0.0701 e. The molecule has 0 bridgehead atoms. The Labute approximate surface area is 67.3 Å². The molecule has 1 unspecified atom stereocenters. The normalized spacial score (nSPS) is 16.4. The van der Waals surface area contributed by atoms with E-state index in [-0.39, 0.29) is 6.61 Å². The molecule has 68 valence electrons. The molecule has 0 saturated carbocycles. The molecule has 0 aliphatic heterocycles. The van der Waals surface area contributed by atoms with Crippen molar-refractivity contribution in [2.45, 2.75) is 12.5 Å². The summed E-state index contributed by atoms with van der Waals surface area (Å²) in [6, 6.07) is 0. The van der Waals surface area contributed by atoms with E-state index < -0.39 is 5.54 Å². The smallest absolute Gasteiger partial charge is 0.0701 e. The van der Waals surface area contributed by atoms with Crippen LogP contribution in [0.4, 0.5) is 0 Å². The Bertz CT molecular complexity index is 95.7. The van der Waals surface area contributed by atoms with Crippen LogP contribution in [-0.4, -0.2) is 44.2 Å². The second kappa shape index (κ2) is 5.49. The lowest BCUT2D eigenvalue weighted by atomic mass is 10.1. The van der Waals surface area contributed by atoms with Gasteiger partial charge in [-0.25, -0.2) is 0 Å². The third kappa shape index (κ3) is 6.25. The monoisotopic (exact) mass is 163 g/mol. The summed E-state index contributed by atoms with van der Waals surface area (Å²) in [6.07, 6.45) is 0. The van der Waals surface area contributed by atoms with Crippen molar-refractivity contribution < 1.29 is 14.6 Å². The number of hydrogen-bond acceptors (Lipinski definition) is 4. The van der Waals surface area contributed by atoms with Gasteiger partial charge in [0.25, 0.3) is 0 Å². The van der Waals surface area contributed by atoms with E-state index in [1.807, 2.05) is 0 Å². The molecule has 4 nitrogen and oxygen atoms in total. The minimum absolute atomic E-state index is 0.0695. The molecule has 0 spiro atoms. The van der Waals surface area contributed by atoms with Gasteiger partial charge in [-0.05, 0) is 6.92 Å². The van der Waals surface area contributed by atoms with Crippen LogP contribution in [0, 0.1) is 0 Å². The van der Waals surface area contributed by atoms with Crippen LogP contribution in [0.5, 0.6) is 0 Å². The van der Waals surface area contributed by atoms with Crippen LogP contribution in [-0.2, 0) is 9.47 Å². The van der Waals surface area contributed by atoms with Crippen molar-refractivity contribution in [2.75, 3.05) is 33.5 Å². The third-order valence-electron chi connectivity index (χ3n) is 1.22. The molecule has 0 aromatic carbocycles. The van der Waals surface area contributed by atoms with E-state index in [1.165, 1.54) is 0 Å². The molecule has 0 heterocycles. The van der Waals surface area contributed by atoms with E-state index >= 15 is 0 Å². The van der Waals surface area contributed by atoms with E-state index in [0.717, 1.165) is 0 Å². The molecule has 11 heavy (non-hydrogen) atoms. The Hall–Kier alpha value is -0.160. The van der Waals surface area contributed by atoms with Gasteiger partial charge >= 0.3 is 0 Å². The summed E-state index contributed by atoms with van der Waals surface area (Å²) >= 11 is 0. The highest BCUT2D eigenvalue weighted by molar-refractivity contribution is 4.76. The average molecular weight is 163 g/mol. The summed E-state index contributed by atoms with van der Waals surface area (Å²) in [5.74, 6) is 0. The molecule has 3 N–H and O–H groups in total. The summed E-state index contributed by atoms with van der Waals surface area (Å²) in [4.78, 5) is 0. The number of aliphatic hydroxyl groups excluding tert-OH is 1. The number of aliphatic hydroxyl groups is 1. The maximum absolute atomic E-state index is 8.71. The second-order valence-electron chi connectivity index (χ2n) is 2.86. The molecule has 4 heteroatoms. The van der Waals surface area contributed by atoms with Gasteiger partial charge in [-0.2, -0.15) is 0 Å². The van der Waals surface area contributed by atoms with Gasteiger partial charge in [-0.15, -0.1) is 0 Å². The molecule has 0 radical (unpaired) electrons. The fraction of sp³-hybridized carbons (Fsp3) is 1.00. The zero-order valence-corrected chi connectivity index (χ0v) is 7.17. The van der Waals surface area contributed by atoms with Crippen molar-refractivity contribution in [1.82, 2.24) is 0 Å². The van der Waals surface area contributed by atoms with Crippen LogP contribution in [0.2, 0.25) is 0 Å². The predicted molar refractivity (Wildman–Crippen MR) is 42.4 cm³/mol. The molecule has 0 aromatic rings. The standard InChI is InChI=1S/C7H17NO3/c1-7(8,5-9)6-11-4-3-10-2/h9H,3-6,8H2,1-2H3. The largest absolute Gasteiger partial charge is 0.394 e. The first-order valence-corrected chi connectivity index (χ1v) is 3.59. The number of methoxy groups -OCH3 is 1. The minimum atomic E-state index is -0.631. The zero-order chi connectivity index (χ0) is 8.74. The van der Waals surface area contributed by atoms with Gasteiger partial charge < -0.3 is 20.3 Å². The van der Waals surface area contributed by atoms with E-state index in [4.69, 9.17) is 20.3 Å². The van der Waals surface area contributed by atoms with Gasteiger partial charge in [0, 0.05) is 7.11 Å². The Morgan fingerprint density at radius 2 is 2.09 bits per heavy atom. The molecule has 0 aliphatic carbocycles. The topological polar surface area (TPSA) is 64.7 Å². The first-order chi connectivity index (χ1) is 5.12. The highest BCUT2D eigenvalue weighted by Gasteiger charge is 2.16. The Balaban J connectivity index is 3.23. The minimum Gasteiger partial charge on any atom is -0.394 e. The fourth-order valence-electron chi connectivity index (χ4n) is 0.493. The average Bonchev–Trinajstić information content (AvgIpc) is 1.99. The SMILES string of the molecule is COCCOCC(C)(N)CO. The van der Waals surface area contributed by atoms with E-state index in [0.29, 0.717) is 19.8 Å². The Kier molecular flexibility index (Phi) is 5.41. The van der Waals surface area contributed by atoms with Crippen LogP contribution in [0.1, 0.15) is 6.92 Å². The number of ether oxygens (including phenoxy) is 2. The molecule has 0 rings (SSSR count). The molecule has 0 amide bonds. The molecule has 1 atom stereocenters. The first kappa shape index (κ1) is 10.8. The summed E-state index contributed by atoms with van der Waals surface area (Å²) in [5, 5.41) is 8.71. The van der Waals surface area contributed by atoms with Gasteiger partial charge in [0.1, 0.15) is 0 Å². The van der Waals surface area contributed by atoms with Crippen LogP contribution in [0.15, 0.2) is 0 Å². The van der Waals surface area contributed by atoms with Gasteiger partial charge in [0.15, 0.2) is 0 Å². The van der Waals surface area contributed by atoms with Crippen molar-refractivity contribution >= 4 is 0 Å². The molecule has 0 saturated heterocycles. The van der Waals surface area contributed by atoms with Crippen LogP contribution in [0.25, 0.3) is 0 Å². The Morgan fingerprint density at radius 3 is 2.55 bits per heavy atom. The highest BCUT2D eigenvalue weighted by Crippen LogP contribution is 1.97. The van der Waals surface area contributed by atoms with Gasteiger partial charge in [0.2, 0.25) is 0 Å². The van der Waals surface area contributed by atoms with Crippen LogP contribution < -0.4 is 5.73 Å². The van der Waals surface area contributed by atoms with E-state index in [1.54, 1.807) is 14.0 Å². The summed E-state index contributed by atoms with van der Waals surface area (Å²) in [7, 11) is 1.61.